The van der Waals surface area contributed by atoms with E-state index in [0.717, 1.165) is 69.1 Å². The largest absolute Gasteiger partial charge is 0.381 e. The lowest BCUT2D eigenvalue weighted by atomic mass is 9.81. The molecule has 0 spiro atoms. The number of H-pyrrole nitrogens is 1. The molecule has 5 rings (SSSR count). The Morgan fingerprint density at radius 2 is 2.13 bits per heavy atom. The molecule has 4 heterocycles. The van der Waals surface area contributed by atoms with E-state index in [1.54, 1.807) is 0 Å². The summed E-state index contributed by atoms with van der Waals surface area (Å²) in [5.41, 5.74) is 2.05. The minimum absolute atomic E-state index is 0.198. The monoisotopic (exact) mass is 422 g/mol. The van der Waals surface area contributed by atoms with E-state index < -0.39 is 0 Å². The number of amides is 1. The minimum atomic E-state index is -0.262. The lowest BCUT2D eigenvalue weighted by Gasteiger charge is -2.38. The molecule has 2 aromatic heterocycles. The first-order valence-electron chi connectivity index (χ1n) is 11.4. The number of nitrogens with one attached hydrogen (secondary N) is 1. The molecule has 1 amide bonds. The molecule has 164 valence electrons. The molecule has 1 aromatic carbocycles. The molecule has 1 unspecified atom stereocenters. The van der Waals surface area contributed by atoms with Crippen LogP contribution in [-0.4, -0.2) is 52.2 Å². The molecule has 2 aliphatic heterocycles. The van der Waals surface area contributed by atoms with Crippen LogP contribution in [0.1, 0.15) is 62.2 Å². The van der Waals surface area contributed by atoms with Gasteiger partial charge in [0.05, 0.1) is 0 Å². The molecule has 7 nitrogen and oxygen atoms in total. The fourth-order valence-corrected chi connectivity index (χ4v) is 4.96. The van der Waals surface area contributed by atoms with Gasteiger partial charge in [-0.05, 0) is 43.7 Å². The van der Waals surface area contributed by atoms with E-state index in [-0.39, 0.29) is 17.2 Å². The first-order valence-corrected chi connectivity index (χ1v) is 11.4. The first-order chi connectivity index (χ1) is 15.1. The maximum atomic E-state index is 13.0. The molecule has 2 saturated heterocycles. The van der Waals surface area contributed by atoms with Crippen molar-refractivity contribution in [3.8, 4) is 0 Å². The van der Waals surface area contributed by atoms with Crippen molar-refractivity contribution in [3.63, 3.8) is 0 Å². The van der Waals surface area contributed by atoms with E-state index in [1.165, 1.54) is 10.9 Å². The van der Waals surface area contributed by atoms with Crippen molar-refractivity contribution in [2.45, 2.75) is 56.8 Å². The van der Waals surface area contributed by atoms with Gasteiger partial charge in [0, 0.05) is 61.2 Å². The maximum absolute atomic E-state index is 13.0. The summed E-state index contributed by atoms with van der Waals surface area (Å²) in [6, 6.07) is 8.23. The molecule has 0 radical (unpaired) electrons. The second kappa shape index (κ2) is 8.46. The van der Waals surface area contributed by atoms with E-state index in [0.29, 0.717) is 13.0 Å². The zero-order valence-corrected chi connectivity index (χ0v) is 18.1. The molecule has 2 fully saturated rings. The molecule has 3 aromatic rings. The number of para-hydroxylation sites is 1. The Balaban J connectivity index is 1.24. The summed E-state index contributed by atoms with van der Waals surface area (Å²) < 4.78 is 11.1. The van der Waals surface area contributed by atoms with Gasteiger partial charge in [0.25, 0.3) is 0 Å². The second-order valence-corrected chi connectivity index (χ2v) is 9.18. The van der Waals surface area contributed by atoms with Crippen LogP contribution in [0.4, 0.5) is 0 Å². The predicted octanol–water partition coefficient (Wildman–Crippen LogP) is 3.96. The molecule has 7 heteroatoms. The van der Waals surface area contributed by atoms with Gasteiger partial charge in [0.2, 0.25) is 11.8 Å². The second-order valence-electron chi connectivity index (χ2n) is 9.18. The third kappa shape index (κ3) is 4.11. The molecule has 0 saturated carbocycles. The minimum Gasteiger partial charge on any atom is -0.381 e. The van der Waals surface area contributed by atoms with Crippen molar-refractivity contribution in [1.29, 1.82) is 0 Å². The van der Waals surface area contributed by atoms with Crippen molar-refractivity contribution >= 4 is 16.8 Å². The van der Waals surface area contributed by atoms with Gasteiger partial charge >= 0.3 is 0 Å². The van der Waals surface area contributed by atoms with Crippen LogP contribution in [0.3, 0.4) is 0 Å². The van der Waals surface area contributed by atoms with Crippen LogP contribution in [0.25, 0.3) is 10.9 Å². The Bertz CT molecular complexity index is 1050. The number of rotatable bonds is 5. The third-order valence-corrected chi connectivity index (χ3v) is 6.88. The Labute approximate surface area is 182 Å². The SMILES string of the molecule is CC1(c2noc(C3CCOCC3)n2)CCCN(C(=O)CCc2c[nH]c3ccccc23)C1. The number of aromatic amines is 1. The lowest BCUT2D eigenvalue weighted by Crippen LogP contribution is -2.47. The van der Waals surface area contributed by atoms with Gasteiger partial charge in [-0.25, -0.2) is 0 Å². The number of aryl methyl sites for hydroxylation is 1. The van der Waals surface area contributed by atoms with Crippen molar-refractivity contribution in [2.24, 2.45) is 0 Å². The maximum Gasteiger partial charge on any atom is 0.229 e. The van der Waals surface area contributed by atoms with Gasteiger partial charge < -0.3 is 19.1 Å². The number of ether oxygens (including phenoxy) is 1. The Kier molecular flexibility index (Phi) is 5.52. The molecule has 1 atom stereocenters. The third-order valence-electron chi connectivity index (χ3n) is 6.88. The van der Waals surface area contributed by atoms with Crippen LogP contribution < -0.4 is 0 Å². The van der Waals surface area contributed by atoms with Crippen molar-refractivity contribution in [2.75, 3.05) is 26.3 Å². The number of hydrogen-bond donors (Lipinski definition) is 1. The van der Waals surface area contributed by atoms with Crippen LogP contribution in [0.5, 0.6) is 0 Å². The van der Waals surface area contributed by atoms with Crippen LogP contribution in [-0.2, 0) is 21.4 Å². The number of benzene rings is 1. The summed E-state index contributed by atoms with van der Waals surface area (Å²) in [6.07, 6.45) is 7.05. The summed E-state index contributed by atoms with van der Waals surface area (Å²) >= 11 is 0. The number of nitrogens with zero attached hydrogens (tertiary/aromatic N) is 3. The highest BCUT2D eigenvalue weighted by molar-refractivity contribution is 5.84. The van der Waals surface area contributed by atoms with Gasteiger partial charge in [-0.3, -0.25) is 4.79 Å². The van der Waals surface area contributed by atoms with Gasteiger partial charge in [0.15, 0.2) is 5.82 Å². The Morgan fingerprint density at radius 1 is 1.29 bits per heavy atom. The lowest BCUT2D eigenvalue weighted by molar-refractivity contribution is -0.133. The van der Waals surface area contributed by atoms with E-state index in [4.69, 9.17) is 14.2 Å². The molecule has 0 aliphatic carbocycles. The smallest absolute Gasteiger partial charge is 0.229 e. The average molecular weight is 423 g/mol. The molecule has 1 N–H and O–H groups in total. The zero-order valence-electron chi connectivity index (χ0n) is 18.1. The van der Waals surface area contributed by atoms with Crippen molar-refractivity contribution in [3.05, 3.63) is 47.7 Å². The topological polar surface area (TPSA) is 84.2 Å². The quantitative estimate of drug-likeness (QED) is 0.673. The number of likely N-dealkylation sites (tertiary alicyclic amines) is 1. The molecule has 2 aliphatic rings. The molecular weight excluding hydrogens is 392 g/mol. The summed E-state index contributed by atoms with van der Waals surface area (Å²) in [4.78, 5) is 23.1. The van der Waals surface area contributed by atoms with Gasteiger partial charge in [-0.15, -0.1) is 0 Å². The fourth-order valence-electron chi connectivity index (χ4n) is 4.96. The van der Waals surface area contributed by atoms with Gasteiger partial charge in [-0.2, -0.15) is 4.98 Å². The summed E-state index contributed by atoms with van der Waals surface area (Å²) in [5, 5.41) is 5.53. The van der Waals surface area contributed by atoms with Gasteiger partial charge in [-0.1, -0.05) is 30.3 Å². The van der Waals surface area contributed by atoms with E-state index in [2.05, 4.69) is 29.2 Å². The number of aromatic nitrogens is 3. The van der Waals surface area contributed by atoms with E-state index in [1.807, 2.05) is 23.2 Å². The number of carbonyl (C=O) groups is 1. The average Bonchev–Trinajstić information content (AvgIpc) is 3.46. The number of hydrogen-bond acceptors (Lipinski definition) is 5. The molecule has 31 heavy (non-hydrogen) atoms. The molecular formula is C24H30N4O3. The standard InChI is InChI=1S/C24H30N4O3/c1-24(23-26-22(31-27-23)17-9-13-30-14-10-17)11-4-12-28(16-24)21(29)8-7-18-15-25-20-6-3-2-5-19(18)20/h2-3,5-6,15,17,25H,4,7-14,16H2,1H3. The zero-order chi connectivity index (χ0) is 21.3. The fraction of sp³-hybridized carbons (Fsp3) is 0.542. The Morgan fingerprint density at radius 3 is 3.00 bits per heavy atom. The number of fused-ring (bicyclic) bond motifs is 1. The highest BCUT2D eigenvalue weighted by Gasteiger charge is 2.39. The van der Waals surface area contributed by atoms with Crippen LogP contribution >= 0.6 is 0 Å². The first kappa shape index (κ1) is 20.2. The van der Waals surface area contributed by atoms with Crippen LogP contribution in [0, 0.1) is 0 Å². The normalized spacial score (nSPS) is 22.8. The number of piperidine rings is 1. The summed E-state index contributed by atoms with van der Waals surface area (Å²) in [6.45, 7) is 5.10. The summed E-state index contributed by atoms with van der Waals surface area (Å²) in [7, 11) is 0. The highest BCUT2D eigenvalue weighted by Crippen LogP contribution is 2.34. The van der Waals surface area contributed by atoms with Crippen LogP contribution in [0.2, 0.25) is 0 Å². The van der Waals surface area contributed by atoms with E-state index >= 15 is 0 Å². The van der Waals surface area contributed by atoms with Gasteiger partial charge in [0.1, 0.15) is 0 Å². The highest BCUT2D eigenvalue weighted by atomic mass is 16.5. The van der Waals surface area contributed by atoms with E-state index in [9.17, 15) is 4.79 Å². The van der Waals surface area contributed by atoms with Crippen molar-refractivity contribution < 1.29 is 14.1 Å². The summed E-state index contributed by atoms with van der Waals surface area (Å²) in [5.74, 6) is 1.95. The molecule has 0 bridgehead atoms. The van der Waals surface area contributed by atoms with Crippen LogP contribution in [0.15, 0.2) is 35.0 Å². The number of carbonyl (C=O) groups excluding carboxylic acids is 1. The van der Waals surface area contributed by atoms with Crippen molar-refractivity contribution in [1.82, 2.24) is 20.0 Å². The predicted molar refractivity (Wildman–Crippen MR) is 117 cm³/mol. The Hall–Kier alpha value is -2.67.